The monoisotopic (exact) mass is 213 g/mol. The molecular weight excluding hydrogens is 208 g/mol. The van der Waals surface area contributed by atoms with Crippen molar-refractivity contribution in [1.82, 2.24) is 4.98 Å². The van der Waals surface area contributed by atoms with Crippen molar-refractivity contribution in [2.75, 3.05) is 5.73 Å². The first-order valence-electron chi connectivity index (χ1n) is 3.69. The maximum Gasteiger partial charge on any atom is 0.339 e. The summed E-state index contributed by atoms with van der Waals surface area (Å²) >= 11 is 0. The van der Waals surface area contributed by atoms with Crippen molar-refractivity contribution in [3.63, 3.8) is 0 Å². The summed E-state index contributed by atoms with van der Waals surface area (Å²) in [7, 11) is 0. The Morgan fingerprint density at radius 2 is 2.27 bits per heavy atom. The van der Waals surface area contributed by atoms with Crippen LogP contribution in [0.3, 0.4) is 0 Å². The molecule has 0 aliphatic rings. The van der Waals surface area contributed by atoms with E-state index in [4.69, 9.17) is 16.1 Å². The number of carboxylic acids is 1. The molecule has 1 heterocycles. The van der Waals surface area contributed by atoms with E-state index >= 15 is 0 Å². The lowest BCUT2D eigenvalue weighted by molar-refractivity contribution is 0.0683. The summed E-state index contributed by atoms with van der Waals surface area (Å²) < 4.78 is 24.7. The third-order valence-corrected chi connectivity index (χ3v) is 1.69. The van der Waals surface area contributed by atoms with E-state index in [9.17, 15) is 13.6 Å². The fraction of sp³-hybridized carbons (Fsp3) is 0.125. The Labute approximate surface area is 82.8 Å². The van der Waals surface area contributed by atoms with Gasteiger partial charge < -0.3 is 10.8 Å². The molecule has 0 aliphatic carbocycles. The number of carbonyl (C=O) groups is 1. The van der Waals surface area contributed by atoms with Gasteiger partial charge in [0.1, 0.15) is 17.3 Å². The molecule has 0 radical (unpaired) electrons. The predicted octanol–water partition coefficient (Wildman–Crippen LogP) is 1.17. The first-order valence-corrected chi connectivity index (χ1v) is 3.69. The van der Waals surface area contributed by atoms with Crippen molar-refractivity contribution in [3.05, 3.63) is 23.0 Å². The molecule has 5 nitrogen and oxygen atoms in total. The van der Waals surface area contributed by atoms with Crippen LogP contribution >= 0.6 is 0 Å². The highest BCUT2D eigenvalue weighted by molar-refractivity contribution is 5.96. The number of anilines is 1. The molecule has 0 saturated carbocycles. The standard InChI is InChI=1S/C8H5F2N3O2/c9-7(10)6-4(8(14)15)5(12)3(1-11)2-13-6/h2,7H,(H2,12,13)(H,14,15). The Bertz CT molecular complexity index is 454. The molecule has 0 atom stereocenters. The third kappa shape index (κ3) is 1.83. The van der Waals surface area contributed by atoms with E-state index in [1.165, 1.54) is 0 Å². The molecule has 1 aromatic rings. The molecule has 15 heavy (non-hydrogen) atoms. The van der Waals surface area contributed by atoms with Gasteiger partial charge in [0.05, 0.1) is 11.3 Å². The van der Waals surface area contributed by atoms with Gasteiger partial charge in [0.2, 0.25) is 0 Å². The zero-order valence-corrected chi connectivity index (χ0v) is 7.24. The molecule has 0 amide bonds. The highest BCUT2D eigenvalue weighted by Gasteiger charge is 2.24. The average Bonchev–Trinajstić information content (AvgIpc) is 2.16. The molecule has 0 bridgehead atoms. The Balaban J connectivity index is 3.53. The number of nitrogens with zero attached hydrogens (tertiary/aromatic N) is 2. The van der Waals surface area contributed by atoms with Crippen LogP contribution in [0, 0.1) is 11.3 Å². The highest BCUT2D eigenvalue weighted by Crippen LogP contribution is 2.26. The molecule has 7 heteroatoms. The van der Waals surface area contributed by atoms with Gasteiger partial charge in [0.25, 0.3) is 6.43 Å². The van der Waals surface area contributed by atoms with Crippen LogP contribution in [0.5, 0.6) is 0 Å². The van der Waals surface area contributed by atoms with E-state index in [0.29, 0.717) is 0 Å². The number of aromatic carboxylic acids is 1. The number of alkyl halides is 2. The lowest BCUT2D eigenvalue weighted by Crippen LogP contribution is -2.11. The number of rotatable bonds is 2. The van der Waals surface area contributed by atoms with Gasteiger partial charge in [-0.05, 0) is 0 Å². The molecule has 78 valence electrons. The Morgan fingerprint density at radius 1 is 1.67 bits per heavy atom. The number of nitrogens with two attached hydrogens (primary N) is 1. The van der Waals surface area contributed by atoms with Crippen LogP contribution in [-0.2, 0) is 0 Å². The summed E-state index contributed by atoms with van der Waals surface area (Å²) in [5.74, 6) is -1.63. The molecule has 1 aromatic heterocycles. The second-order valence-electron chi connectivity index (χ2n) is 2.56. The van der Waals surface area contributed by atoms with Crippen molar-refractivity contribution >= 4 is 11.7 Å². The minimum atomic E-state index is -3.05. The number of carboxylic acid groups (broad SMARTS) is 1. The Morgan fingerprint density at radius 3 is 2.67 bits per heavy atom. The normalized spacial score (nSPS) is 10.0. The fourth-order valence-electron chi connectivity index (χ4n) is 1.02. The minimum absolute atomic E-state index is 0.239. The van der Waals surface area contributed by atoms with Crippen molar-refractivity contribution in [3.8, 4) is 6.07 Å². The molecular formula is C8H5F2N3O2. The lowest BCUT2D eigenvalue weighted by Gasteiger charge is -2.07. The van der Waals surface area contributed by atoms with E-state index in [0.717, 1.165) is 6.20 Å². The summed E-state index contributed by atoms with van der Waals surface area (Å²) in [4.78, 5) is 13.9. The molecule has 0 aromatic carbocycles. The van der Waals surface area contributed by atoms with Gasteiger partial charge in [-0.3, -0.25) is 4.98 Å². The Kier molecular flexibility index (Phi) is 2.80. The van der Waals surface area contributed by atoms with Gasteiger partial charge in [0.15, 0.2) is 0 Å². The molecule has 0 saturated heterocycles. The quantitative estimate of drug-likeness (QED) is 0.767. The van der Waals surface area contributed by atoms with E-state index in [1.54, 1.807) is 6.07 Å². The first kappa shape index (κ1) is 10.8. The number of nitriles is 1. The predicted molar refractivity (Wildman–Crippen MR) is 45.3 cm³/mol. The maximum absolute atomic E-state index is 12.3. The smallest absolute Gasteiger partial charge is 0.339 e. The zero-order valence-electron chi connectivity index (χ0n) is 7.24. The fourth-order valence-corrected chi connectivity index (χ4v) is 1.02. The van der Waals surface area contributed by atoms with Crippen LogP contribution < -0.4 is 5.73 Å². The minimum Gasteiger partial charge on any atom is -0.478 e. The SMILES string of the molecule is N#Cc1cnc(C(F)F)c(C(=O)O)c1N. The van der Waals surface area contributed by atoms with Gasteiger partial charge in [-0.25, -0.2) is 13.6 Å². The molecule has 0 aliphatic heterocycles. The number of nitrogen functional groups attached to an aromatic ring is 1. The van der Waals surface area contributed by atoms with Crippen LogP contribution in [0.2, 0.25) is 0 Å². The summed E-state index contributed by atoms with van der Waals surface area (Å²) in [6, 6.07) is 1.56. The van der Waals surface area contributed by atoms with Gasteiger partial charge >= 0.3 is 5.97 Å². The van der Waals surface area contributed by atoms with Gasteiger partial charge in [0, 0.05) is 6.20 Å². The largest absolute Gasteiger partial charge is 0.478 e. The second kappa shape index (κ2) is 3.88. The number of pyridine rings is 1. The zero-order chi connectivity index (χ0) is 11.6. The summed E-state index contributed by atoms with van der Waals surface area (Å²) in [6.45, 7) is 0. The average molecular weight is 213 g/mol. The van der Waals surface area contributed by atoms with E-state index < -0.39 is 29.3 Å². The Hall–Kier alpha value is -2.23. The van der Waals surface area contributed by atoms with Crippen LogP contribution in [0.25, 0.3) is 0 Å². The number of halogens is 2. The maximum atomic E-state index is 12.3. The van der Waals surface area contributed by atoms with Crippen LogP contribution in [0.1, 0.15) is 28.0 Å². The van der Waals surface area contributed by atoms with Crippen LogP contribution in [0.15, 0.2) is 6.20 Å². The number of hydrogen-bond acceptors (Lipinski definition) is 4. The number of aromatic nitrogens is 1. The first-order chi connectivity index (χ1) is 6.99. The van der Waals surface area contributed by atoms with Gasteiger partial charge in [-0.15, -0.1) is 0 Å². The summed E-state index contributed by atoms with van der Waals surface area (Å²) in [6.07, 6.45) is -2.23. The second-order valence-corrected chi connectivity index (χ2v) is 2.56. The van der Waals surface area contributed by atoms with Crippen molar-refractivity contribution in [2.24, 2.45) is 0 Å². The topological polar surface area (TPSA) is 100 Å². The molecule has 1 rings (SSSR count). The van der Waals surface area contributed by atoms with Crippen LogP contribution in [-0.4, -0.2) is 16.1 Å². The molecule has 0 spiro atoms. The third-order valence-electron chi connectivity index (χ3n) is 1.69. The van der Waals surface area contributed by atoms with Crippen molar-refractivity contribution in [1.29, 1.82) is 5.26 Å². The van der Waals surface area contributed by atoms with Crippen molar-refractivity contribution in [2.45, 2.75) is 6.43 Å². The van der Waals surface area contributed by atoms with Crippen molar-refractivity contribution < 1.29 is 18.7 Å². The highest BCUT2D eigenvalue weighted by atomic mass is 19.3. The van der Waals surface area contributed by atoms with E-state index in [2.05, 4.69) is 4.98 Å². The van der Waals surface area contributed by atoms with E-state index in [-0.39, 0.29) is 5.56 Å². The van der Waals surface area contributed by atoms with E-state index in [1.807, 2.05) is 0 Å². The molecule has 0 unspecified atom stereocenters. The molecule has 3 N–H and O–H groups in total. The van der Waals surface area contributed by atoms with Crippen LogP contribution in [0.4, 0.5) is 14.5 Å². The number of hydrogen-bond donors (Lipinski definition) is 2. The van der Waals surface area contributed by atoms with Gasteiger partial charge in [-0.1, -0.05) is 0 Å². The lowest BCUT2D eigenvalue weighted by atomic mass is 10.1. The summed E-state index contributed by atoms with van der Waals surface area (Å²) in [5, 5.41) is 17.2. The van der Waals surface area contributed by atoms with Gasteiger partial charge in [-0.2, -0.15) is 5.26 Å². The molecule has 0 fully saturated rings. The summed E-state index contributed by atoms with van der Waals surface area (Å²) in [5.41, 5.74) is 2.78.